The van der Waals surface area contributed by atoms with Crippen molar-refractivity contribution in [1.82, 2.24) is 24.8 Å². The number of fused-ring (bicyclic) bond motifs is 1. The first-order valence-electron chi connectivity index (χ1n) is 8.21. The van der Waals surface area contributed by atoms with Gasteiger partial charge in [-0.3, -0.25) is 9.69 Å². The van der Waals surface area contributed by atoms with E-state index in [0.717, 1.165) is 0 Å². The molecule has 1 aliphatic heterocycles. The lowest BCUT2D eigenvalue weighted by atomic mass is 10.0. The first kappa shape index (κ1) is 16.2. The van der Waals surface area contributed by atoms with Gasteiger partial charge in [-0.1, -0.05) is 12.1 Å². The van der Waals surface area contributed by atoms with E-state index in [1.54, 1.807) is 24.5 Å². The molecule has 0 unspecified atom stereocenters. The maximum absolute atomic E-state index is 12.4. The summed E-state index contributed by atoms with van der Waals surface area (Å²) in [5, 5.41) is 19.6. The van der Waals surface area contributed by atoms with Gasteiger partial charge in [-0.15, -0.1) is 0 Å². The molecule has 8 heteroatoms. The van der Waals surface area contributed by atoms with Crippen molar-refractivity contribution in [2.24, 2.45) is 0 Å². The lowest BCUT2D eigenvalue weighted by molar-refractivity contribution is 0.236. The highest BCUT2D eigenvalue weighted by Crippen LogP contribution is 2.30. The minimum absolute atomic E-state index is 0.112. The molecule has 1 aromatic carbocycles. The van der Waals surface area contributed by atoms with E-state index in [-0.39, 0.29) is 17.1 Å². The predicted molar refractivity (Wildman–Crippen MR) is 93.5 cm³/mol. The second-order valence-corrected chi connectivity index (χ2v) is 6.21. The zero-order valence-corrected chi connectivity index (χ0v) is 13.9. The number of nitrogens with one attached hydrogen (secondary N) is 1. The van der Waals surface area contributed by atoms with E-state index in [1.807, 2.05) is 0 Å². The van der Waals surface area contributed by atoms with Gasteiger partial charge in [0.25, 0.3) is 5.56 Å². The Kier molecular flexibility index (Phi) is 4.10. The average Bonchev–Trinajstić information content (AvgIpc) is 2.66. The molecule has 3 heterocycles. The molecule has 8 nitrogen and oxygen atoms in total. The normalized spacial score (nSPS) is 14.2. The molecule has 2 aromatic heterocycles. The van der Waals surface area contributed by atoms with Crippen LogP contribution in [0.1, 0.15) is 16.8 Å². The summed E-state index contributed by atoms with van der Waals surface area (Å²) in [5.41, 5.74) is 2.53. The van der Waals surface area contributed by atoms with Gasteiger partial charge in [0.1, 0.15) is 12.2 Å². The number of para-hydroxylation sites is 1. The molecule has 1 aliphatic rings. The van der Waals surface area contributed by atoms with Crippen LogP contribution in [-0.4, -0.2) is 41.6 Å². The van der Waals surface area contributed by atoms with Crippen molar-refractivity contribution >= 4 is 0 Å². The van der Waals surface area contributed by atoms with Gasteiger partial charge in [0.15, 0.2) is 11.5 Å². The predicted octanol–water partition coefficient (Wildman–Crippen LogP) is 1.20. The Hall–Kier alpha value is -3.26. The monoisotopic (exact) mass is 351 g/mol. The van der Waals surface area contributed by atoms with Crippen LogP contribution in [0.5, 0.6) is 11.5 Å². The molecule has 0 saturated carbocycles. The van der Waals surface area contributed by atoms with Crippen LogP contribution in [0.3, 0.4) is 0 Å². The molecule has 0 aliphatic carbocycles. The van der Waals surface area contributed by atoms with Crippen molar-refractivity contribution < 1.29 is 10.2 Å². The van der Waals surface area contributed by atoms with Gasteiger partial charge in [-0.05, 0) is 12.5 Å². The highest BCUT2D eigenvalue weighted by Gasteiger charge is 2.22. The molecule has 0 spiro atoms. The maximum Gasteiger partial charge on any atom is 0.254 e. The average molecular weight is 351 g/mol. The van der Waals surface area contributed by atoms with Gasteiger partial charge >= 0.3 is 0 Å². The summed E-state index contributed by atoms with van der Waals surface area (Å²) in [4.78, 5) is 29.8. The number of aromatic hydroxyl groups is 2. The summed E-state index contributed by atoms with van der Waals surface area (Å²) in [6.07, 6.45) is 5.19. The molecule has 0 radical (unpaired) electrons. The topological polar surface area (TPSA) is 115 Å². The Bertz CT molecular complexity index is 1000. The van der Waals surface area contributed by atoms with E-state index in [9.17, 15) is 15.0 Å². The molecule has 0 atom stereocenters. The number of hydrogen-bond acceptors (Lipinski definition) is 7. The van der Waals surface area contributed by atoms with Gasteiger partial charge in [-0.25, -0.2) is 15.0 Å². The van der Waals surface area contributed by atoms with Crippen LogP contribution in [0.4, 0.5) is 0 Å². The van der Waals surface area contributed by atoms with Gasteiger partial charge in [-0.2, -0.15) is 0 Å². The number of rotatable bonds is 3. The second-order valence-electron chi connectivity index (χ2n) is 6.21. The zero-order chi connectivity index (χ0) is 18.1. The number of phenols is 2. The molecular formula is C18H17N5O3. The standard InChI is InChI=1S/C18H17N5O3/c24-15-3-1-2-11(16(15)25)8-23-5-4-13-14(9-23)21-17(22-18(13)26)12-6-19-10-20-7-12/h1-3,6-7,10,24-25H,4-5,8-9H2,(H,21,22,26). The van der Waals surface area contributed by atoms with Crippen LogP contribution in [0.2, 0.25) is 0 Å². The largest absolute Gasteiger partial charge is 0.504 e. The van der Waals surface area contributed by atoms with Crippen molar-refractivity contribution in [2.45, 2.75) is 19.5 Å². The quantitative estimate of drug-likeness (QED) is 0.607. The lowest BCUT2D eigenvalue weighted by Gasteiger charge is -2.28. The summed E-state index contributed by atoms with van der Waals surface area (Å²) in [6, 6.07) is 4.90. The lowest BCUT2D eigenvalue weighted by Crippen LogP contribution is -2.35. The zero-order valence-electron chi connectivity index (χ0n) is 13.9. The highest BCUT2D eigenvalue weighted by molar-refractivity contribution is 5.52. The summed E-state index contributed by atoms with van der Waals surface area (Å²) in [7, 11) is 0. The van der Waals surface area contributed by atoms with E-state index in [1.165, 1.54) is 12.4 Å². The smallest absolute Gasteiger partial charge is 0.254 e. The Balaban J connectivity index is 1.63. The fourth-order valence-corrected chi connectivity index (χ4v) is 3.13. The number of nitrogens with zero attached hydrogens (tertiary/aromatic N) is 4. The highest BCUT2D eigenvalue weighted by atomic mass is 16.3. The van der Waals surface area contributed by atoms with Crippen LogP contribution in [0, 0.1) is 0 Å². The van der Waals surface area contributed by atoms with Crippen LogP contribution < -0.4 is 5.56 Å². The van der Waals surface area contributed by atoms with E-state index in [4.69, 9.17) is 0 Å². The molecule has 26 heavy (non-hydrogen) atoms. The molecule has 3 aromatic rings. The van der Waals surface area contributed by atoms with Crippen LogP contribution in [-0.2, 0) is 19.5 Å². The summed E-state index contributed by atoms with van der Waals surface area (Å²) >= 11 is 0. The van der Waals surface area contributed by atoms with Crippen molar-refractivity contribution in [1.29, 1.82) is 0 Å². The van der Waals surface area contributed by atoms with Crippen molar-refractivity contribution in [3.8, 4) is 22.9 Å². The number of benzene rings is 1. The third-order valence-electron chi connectivity index (χ3n) is 4.48. The Morgan fingerprint density at radius 3 is 2.81 bits per heavy atom. The van der Waals surface area contributed by atoms with E-state index in [2.05, 4.69) is 24.8 Å². The van der Waals surface area contributed by atoms with Gasteiger partial charge < -0.3 is 15.2 Å². The number of aromatic nitrogens is 4. The van der Waals surface area contributed by atoms with Gasteiger partial charge in [0.2, 0.25) is 0 Å². The molecular weight excluding hydrogens is 334 g/mol. The third kappa shape index (κ3) is 3.02. The molecule has 132 valence electrons. The molecule has 3 N–H and O–H groups in total. The van der Waals surface area contributed by atoms with E-state index < -0.39 is 0 Å². The Labute approximate surface area is 148 Å². The van der Waals surface area contributed by atoms with Crippen molar-refractivity contribution in [2.75, 3.05) is 6.54 Å². The van der Waals surface area contributed by atoms with Crippen molar-refractivity contribution in [3.05, 3.63) is 64.1 Å². The second kappa shape index (κ2) is 6.57. The third-order valence-corrected chi connectivity index (χ3v) is 4.48. The van der Waals surface area contributed by atoms with Crippen molar-refractivity contribution in [3.63, 3.8) is 0 Å². The summed E-state index contributed by atoms with van der Waals surface area (Å²) < 4.78 is 0. The number of aromatic amines is 1. The number of H-pyrrole nitrogens is 1. The summed E-state index contributed by atoms with van der Waals surface area (Å²) in [5.74, 6) is 0.191. The molecule has 0 fully saturated rings. The van der Waals surface area contributed by atoms with E-state index in [0.29, 0.717) is 54.3 Å². The first-order chi connectivity index (χ1) is 12.6. The fourth-order valence-electron chi connectivity index (χ4n) is 3.13. The van der Waals surface area contributed by atoms with Crippen LogP contribution in [0.15, 0.2) is 41.7 Å². The molecule has 0 bridgehead atoms. The van der Waals surface area contributed by atoms with Gasteiger partial charge in [0.05, 0.1) is 11.3 Å². The van der Waals surface area contributed by atoms with Gasteiger partial charge in [0, 0.05) is 43.2 Å². The minimum Gasteiger partial charge on any atom is -0.504 e. The molecule has 0 amide bonds. The maximum atomic E-state index is 12.4. The SMILES string of the molecule is O=c1[nH]c(-c2cncnc2)nc2c1CCN(Cc1cccc(O)c1O)C2. The van der Waals surface area contributed by atoms with E-state index >= 15 is 0 Å². The first-order valence-corrected chi connectivity index (χ1v) is 8.21. The number of hydrogen-bond donors (Lipinski definition) is 3. The Morgan fingerprint density at radius 2 is 2.00 bits per heavy atom. The molecule has 4 rings (SSSR count). The Morgan fingerprint density at radius 1 is 1.19 bits per heavy atom. The fraction of sp³-hybridized carbons (Fsp3) is 0.222. The molecule has 0 saturated heterocycles. The minimum atomic E-state index is -0.145. The number of phenolic OH excluding ortho intramolecular Hbond substituents is 2. The summed E-state index contributed by atoms with van der Waals surface area (Å²) in [6.45, 7) is 1.60. The van der Waals surface area contributed by atoms with Crippen LogP contribution in [0.25, 0.3) is 11.4 Å². The van der Waals surface area contributed by atoms with Crippen LogP contribution >= 0.6 is 0 Å².